The molecule has 0 spiro atoms. The topological polar surface area (TPSA) is 36.9 Å². The van der Waals surface area contributed by atoms with Gasteiger partial charge in [0.2, 0.25) is 4.33 Å². The monoisotopic (exact) mass is 1430 g/mol. The second kappa shape index (κ2) is 23.8. The Hall–Kier alpha value is 5.25. The van der Waals surface area contributed by atoms with E-state index in [-0.39, 0.29) is 0 Å². The molecule has 0 fully saturated rings. The fourth-order valence-electron chi connectivity index (χ4n) is 1.37. The SMILES string of the molecule is CC(Cl)(Cl)C(F)(F)OC(F)(Cl)C(Cl)(Cl)Cl.FC(Cl)(Cl)C(F)(F)OC(F)(Cl)C(Cl)(Cl)Cl.FC(F)(Cl)C(F)(F)OC(F)(Cl)C(Cl)(Cl)Cl.FC(F)(Cl)C(F)(OC(F)(Cl)C(Cl)(Cl)Cl)C(F)(F)Cl. The molecule has 0 aliphatic rings. The van der Waals surface area contributed by atoms with Gasteiger partial charge in [0.05, 0.1) is 0 Å². The summed E-state index contributed by atoms with van der Waals surface area (Å²) in [5, 5.41) is -32.5. The first-order valence-electron chi connectivity index (χ1n) is 12.1. The second-order valence-corrected chi connectivity index (χ2v) is 24.9. The molecule has 0 saturated carbocycles. The molecule has 4 atom stereocenters. The third-order valence-corrected chi connectivity index (χ3v) is 11.4. The number of hydrogen-bond donors (Lipinski definition) is 0. The Morgan fingerprint density at radius 3 is 0.603 bits per heavy atom. The van der Waals surface area contributed by atoms with Gasteiger partial charge in [-0.15, -0.1) is 0 Å². The summed E-state index contributed by atoms with van der Waals surface area (Å²) in [6.45, 7) is 0.654. The van der Waals surface area contributed by atoms with Crippen LogP contribution in [-0.2, 0) is 18.9 Å². The smallest absolute Gasteiger partial charge is 0.280 e. The molecule has 0 heterocycles. The summed E-state index contributed by atoms with van der Waals surface area (Å²) in [7, 11) is 0. The summed E-state index contributed by atoms with van der Waals surface area (Å²) in [5.74, 6) is -5.58. The van der Waals surface area contributed by atoms with Crippen LogP contribution in [0.3, 0.4) is 0 Å². The van der Waals surface area contributed by atoms with Crippen molar-refractivity contribution in [1.82, 2.24) is 0 Å². The van der Waals surface area contributed by atoms with E-state index in [9.17, 15) is 79.0 Å². The molecular formula is C18H3Cl23F18O4. The summed E-state index contributed by atoms with van der Waals surface area (Å²) in [6, 6.07) is 0. The normalized spacial score (nSPS) is 18.8. The van der Waals surface area contributed by atoms with Crippen molar-refractivity contribution in [3.05, 3.63) is 0 Å². The van der Waals surface area contributed by atoms with Gasteiger partial charge in [-0.05, 0) is 88.1 Å². The van der Waals surface area contributed by atoms with E-state index in [4.69, 9.17) is 174 Å². The van der Waals surface area contributed by atoms with E-state index in [1.54, 1.807) is 0 Å². The van der Waals surface area contributed by atoms with Crippen molar-refractivity contribution in [1.29, 1.82) is 0 Å². The highest BCUT2D eigenvalue weighted by Gasteiger charge is 2.75. The maximum atomic E-state index is 13.3. The first-order chi connectivity index (χ1) is 26.1. The van der Waals surface area contributed by atoms with Crippen LogP contribution in [0.5, 0.6) is 0 Å². The molecule has 0 aromatic heterocycles. The lowest BCUT2D eigenvalue weighted by molar-refractivity contribution is -0.361. The molecule has 0 N–H and O–H groups in total. The second-order valence-electron chi connectivity index (χ2n) is 9.49. The van der Waals surface area contributed by atoms with E-state index >= 15 is 0 Å². The van der Waals surface area contributed by atoms with Crippen LogP contribution in [0.4, 0.5) is 79.0 Å². The zero-order chi connectivity index (χ0) is 53.3. The Morgan fingerprint density at radius 2 is 0.444 bits per heavy atom. The summed E-state index contributed by atoms with van der Waals surface area (Å²) in [5.41, 5.74) is 0. The molecule has 4 nitrogen and oxygen atoms in total. The van der Waals surface area contributed by atoms with E-state index in [1.165, 1.54) is 0 Å². The van der Waals surface area contributed by atoms with Gasteiger partial charge in [-0.2, -0.15) is 79.0 Å². The maximum absolute atomic E-state index is 13.3. The lowest BCUT2D eigenvalue weighted by Crippen LogP contribution is -2.59. The number of hydrogen-bond acceptors (Lipinski definition) is 4. The quantitative estimate of drug-likeness (QED) is 0.136. The Labute approximate surface area is 452 Å². The molecule has 0 amide bonds. The minimum atomic E-state index is -5.58. The summed E-state index contributed by atoms with van der Waals surface area (Å²) >= 11 is 107. The highest BCUT2D eigenvalue weighted by atomic mass is 35.6. The van der Waals surface area contributed by atoms with E-state index in [0.29, 0.717) is 6.92 Å². The van der Waals surface area contributed by atoms with E-state index in [0.717, 1.165) is 0 Å². The Balaban J connectivity index is -0.000000370. The third kappa shape index (κ3) is 23.6. The van der Waals surface area contributed by atoms with E-state index < -0.39 is 85.7 Å². The van der Waals surface area contributed by atoms with Crippen LogP contribution in [0.2, 0.25) is 0 Å². The number of alkyl halides is 41. The van der Waals surface area contributed by atoms with Gasteiger partial charge in [0.15, 0.2) is 0 Å². The van der Waals surface area contributed by atoms with Crippen LogP contribution >= 0.6 is 267 Å². The lowest BCUT2D eigenvalue weighted by atomic mass is 10.3. The molecule has 0 radical (unpaired) electrons. The molecule has 0 aliphatic heterocycles. The predicted molar refractivity (Wildman–Crippen MR) is 211 cm³/mol. The van der Waals surface area contributed by atoms with Gasteiger partial charge in [-0.3, -0.25) is 18.9 Å². The van der Waals surface area contributed by atoms with Gasteiger partial charge in [0, 0.05) is 0 Å². The van der Waals surface area contributed by atoms with Crippen molar-refractivity contribution in [3.63, 3.8) is 0 Å². The highest BCUT2D eigenvalue weighted by molar-refractivity contribution is 6.72. The molecule has 4 unspecified atom stereocenters. The van der Waals surface area contributed by atoms with Crippen LogP contribution in [0.25, 0.3) is 0 Å². The van der Waals surface area contributed by atoms with Crippen LogP contribution in [0, 0.1) is 0 Å². The van der Waals surface area contributed by atoms with Crippen LogP contribution in [-0.4, -0.2) is 85.7 Å². The summed E-state index contributed by atoms with van der Waals surface area (Å²) in [4.78, 5) is 0. The largest absolute Gasteiger partial charge is 0.438 e. The fourth-order valence-corrected chi connectivity index (χ4v) is 2.79. The van der Waals surface area contributed by atoms with Gasteiger partial charge in [0.1, 0.15) is 0 Å². The fraction of sp³-hybridized carbons (Fsp3) is 1.00. The third-order valence-electron chi connectivity index (χ3n) is 4.26. The summed E-state index contributed by atoms with van der Waals surface area (Å²) in [6.07, 6.45) is -14.8. The Morgan fingerprint density at radius 1 is 0.254 bits per heavy atom. The minimum absolute atomic E-state index is 0.654. The summed E-state index contributed by atoms with van der Waals surface area (Å²) < 4.78 is 221. The van der Waals surface area contributed by atoms with Crippen molar-refractivity contribution in [2.75, 3.05) is 0 Å². The van der Waals surface area contributed by atoms with Crippen molar-refractivity contribution >= 4 is 267 Å². The van der Waals surface area contributed by atoms with Gasteiger partial charge < -0.3 is 0 Å². The Kier molecular flexibility index (Phi) is 28.3. The number of ether oxygens (including phenoxy) is 4. The highest BCUT2D eigenvalue weighted by Crippen LogP contribution is 2.57. The average Bonchev–Trinajstić information content (AvgIpc) is 2.86. The molecule has 0 saturated heterocycles. The molecule has 0 bridgehead atoms. The van der Waals surface area contributed by atoms with Gasteiger partial charge in [-0.1, -0.05) is 186 Å². The molecule has 0 aromatic carbocycles. The molecule has 63 heavy (non-hydrogen) atoms. The molecular weight excluding hydrogens is 1440 g/mol. The average molecular weight is 1440 g/mol. The number of rotatable bonds is 13. The minimum Gasteiger partial charge on any atom is -0.280 e. The Bertz CT molecular complexity index is 1220. The van der Waals surface area contributed by atoms with Crippen LogP contribution < -0.4 is 0 Å². The predicted octanol–water partition coefficient (Wildman–Crippen LogP) is 20.2. The lowest BCUT2D eigenvalue weighted by Gasteiger charge is -2.37. The zero-order valence-electron chi connectivity index (χ0n) is 26.6. The van der Waals surface area contributed by atoms with Crippen molar-refractivity contribution in [2.24, 2.45) is 0 Å². The van der Waals surface area contributed by atoms with Crippen molar-refractivity contribution in [3.8, 4) is 0 Å². The first kappa shape index (κ1) is 74.8. The molecule has 45 heteroatoms. The standard InChI is InChI=1S/C5Cl6F6O.C5H3Cl6F3O.C4Cl6F4O.C4Cl5F5O/c6-2(7,8)5(11,17)18-1(12,3(9,13)14)4(10,15)16;1-2(6,7)5(13,14)15-4(11,12)3(8,9)10;5-1(6,7)3(10,12)15-4(13,14)2(8,9)11;5-1(6,7)3(9,12)15-4(13,14)2(8,10)11/h;1H3;;. The molecule has 0 aromatic rings. The van der Waals surface area contributed by atoms with Crippen LogP contribution in [0.1, 0.15) is 6.92 Å². The molecule has 0 rings (SSSR count). The van der Waals surface area contributed by atoms with Gasteiger partial charge in [-0.25, -0.2) is 0 Å². The number of halogens is 41. The van der Waals surface area contributed by atoms with Gasteiger partial charge >= 0.3 is 66.2 Å². The van der Waals surface area contributed by atoms with Gasteiger partial charge in [0.25, 0.3) is 15.2 Å². The first-order valence-corrected chi connectivity index (χ1v) is 20.8. The molecule has 386 valence electrons. The molecule has 0 aliphatic carbocycles. The van der Waals surface area contributed by atoms with E-state index in [2.05, 4.69) is 112 Å². The van der Waals surface area contributed by atoms with Crippen LogP contribution in [0.15, 0.2) is 0 Å². The zero-order valence-corrected chi connectivity index (χ0v) is 44.0. The van der Waals surface area contributed by atoms with E-state index in [1.807, 2.05) is 0 Å². The van der Waals surface area contributed by atoms with Crippen molar-refractivity contribution in [2.45, 2.75) is 92.6 Å². The van der Waals surface area contributed by atoms with Crippen molar-refractivity contribution < 1.29 is 98.0 Å². The maximum Gasteiger partial charge on any atom is 0.438 e.